The fourth-order valence-corrected chi connectivity index (χ4v) is 1.41. The number of nitrogens with one attached hydrogen (secondary N) is 1. The van der Waals surface area contributed by atoms with Gasteiger partial charge in [-0.1, -0.05) is 18.2 Å². The minimum Gasteiger partial charge on any atom is -0.385 e. The van der Waals surface area contributed by atoms with Crippen LogP contribution in [0.4, 0.5) is 5.69 Å². The van der Waals surface area contributed by atoms with Crippen molar-refractivity contribution in [2.45, 2.75) is 12.8 Å². The van der Waals surface area contributed by atoms with Gasteiger partial charge in [0.15, 0.2) is 0 Å². The van der Waals surface area contributed by atoms with Gasteiger partial charge in [0, 0.05) is 12.2 Å². The SMILES string of the molecule is C=O.c1ccc2c(c1)CCCN2. The second-order valence-electron chi connectivity index (χ2n) is 2.69. The fraction of sp³-hybridized carbons (Fsp3) is 0.300. The number of hydrogen-bond acceptors (Lipinski definition) is 2. The fourth-order valence-electron chi connectivity index (χ4n) is 1.41. The summed E-state index contributed by atoms with van der Waals surface area (Å²) in [6, 6.07) is 8.53. The number of hydrogen-bond donors (Lipinski definition) is 1. The van der Waals surface area contributed by atoms with Crippen LogP contribution in [0.5, 0.6) is 0 Å². The predicted molar refractivity (Wildman–Crippen MR) is 50.4 cm³/mol. The molecule has 0 fully saturated rings. The van der Waals surface area contributed by atoms with E-state index in [2.05, 4.69) is 29.6 Å². The number of carbonyl (C=O) groups is 1. The summed E-state index contributed by atoms with van der Waals surface area (Å²) in [4.78, 5) is 8.00. The largest absolute Gasteiger partial charge is 0.385 e. The van der Waals surface area contributed by atoms with E-state index in [1.807, 2.05) is 6.79 Å². The minimum atomic E-state index is 1.14. The Labute approximate surface area is 72.6 Å². The predicted octanol–water partition coefficient (Wildman–Crippen LogP) is 1.86. The standard InChI is InChI=1S/C9H11N.CH2O/c1-2-6-9-8(4-1)5-3-7-10-9;1-2/h1-2,4,6,10H,3,5,7H2;1H2. The van der Waals surface area contributed by atoms with E-state index in [-0.39, 0.29) is 0 Å². The molecule has 0 atom stereocenters. The Hall–Kier alpha value is -1.31. The van der Waals surface area contributed by atoms with Crippen LogP contribution in [-0.4, -0.2) is 13.3 Å². The monoisotopic (exact) mass is 163 g/mol. The van der Waals surface area contributed by atoms with Crippen LogP contribution in [0.3, 0.4) is 0 Å². The van der Waals surface area contributed by atoms with E-state index in [9.17, 15) is 0 Å². The van der Waals surface area contributed by atoms with Crippen molar-refractivity contribution in [3.8, 4) is 0 Å². The Morgan fingerprint density at radius 2 is 2.00 bits per heavy atom. The first-order chi connectivity index (χ1) is 5.97. The van der Waals surface area contributed by atoms with Crippen molar-refractivity contribution in [2.24, 2.45) is 0 Å². The van der Waals surface area contributed by atoms with Crippen molar-refractivity contribution >= 4 is 12.5 Å². The molecular weight excluding hydrogens is 150 g/mol. The van der Waals surface area contributed by atoms with Gasteiger partial charge in [-0.25, -0.2) is 0 Å². The normalized spacial score (nSPS) is 13.3. The molecule has 2 rings (SSSR count). The molecule has 0 aliphatic carbocycles. The van der Waals surface area contributed by atoms with Crippen LogP contribution >= 0.6 is 0 Å². The maximum absolute atomic E-state index is 8.00. The molecule has 64 valence electrons. The summed E-state index contributed by atoms with van der Waals surface area (Å²) in [7, 11) is 0. The van der Waals surface area contributed by atoms with Crippen molar-refractivity contribution < 1.29 is 4.79 Å². The molecule has 0 radical (unpaired) electrons. The number of carbonyl (C=O) groups excluding carboxylic acids is 1. The molecule has 0 saturated heterocycles. The molecule has 2 heteroatoms. The average molecular weight is 163 g/mol. The molecule has 1 aromatic carbocycles. The van der Waals surface area contributed by atoms with Crippen molar-refractivity contribution in [1.82, 2.24) is 0 Å². The summed E-state index contributed by atoms with van der Waals surface area (Å²) in [6.45, 7) is 3.14. The van der Waals surface area contributed by atoms with Crippen molar-refractivity contribution in [1.29, 1.82) is 0 Å². The molecule has 1 N–H and O–H groups in total. The molecule has 1 aliphatic heterocycles. The van der Waals surface area contributed by atoms with E-state index in [4.69, 9.17) is 4.79 Å². The Bertz CT molecular complexity index is 222. The van der Waals surface area contributed by atoms with Gasteiger partial charge in [0.25, 0.3) is 0 Å². The van der Waals surface area contributed by atoms with Gasteiger partial charge in [0.05, 0.1) is 0 Å². The summed E-state index contributed by atoms with van der Waals surface area (Å²) in [6.07, 6.45) is 2.51. The Morgan fingerprint density at radius 1 is 1.25 bits per heavy atom. The molecule has 0 bridgehead atoms. The van der Waals surface area contributed by atoms with Crippen LogP contribution in [0.15, 0.2) is 24.3 Å². The van der Waals surface area contributed by atoms with E-state index in [0.717, 1.165) is 6.54 Å². The van der Waals surface area contributed by atoms with Crippen molar-refractivity contribution in [3.05, 3.63) is 29.8 Å². The lowest BCUT2D eigenvalue weighted by Crippen LogP contribution is -2.10. The van der Waals surface area contributed by atoms with Crippen LogP contribution in [0.2, 0.25) is 0 Å². The maximum Gasteiger partial charge on any atom is 0.106 e. The molecule has 0 aromatic heterocycles. The number of aryl methyl sites for hydroxylation is 1. The molecule has 12 heavy (non-hydrogen) atoms. The highest BCUT2D eigenvalue weighted by Gasteiger charge is 2.04. The van der Waals surface area contributed by atoms with Crippen molar-refractivity contribution in [2.75, 3.05) is 11.9 Å². The first-order valence-electron chi connectivity index (χ1n) is 4.07. The van der Waals surface area contributed by atoms with Crippen molar-refractivity contribution in [3.63, 3.8) is 0 Å². The third kappa shape index (κ3) is 1.84. The summed E-state index contributed by atoms with van der Waals surface area (Å²) in [5.41, 5.74) is 2.79. The molecular formula is C10H13NO. The molecule has 2 nitrogen and oxygen atoms in total. The summed E-state index contributed by atoms with van der Waals surface area (Å²) in [5.74, 6) is 0. The number of anilines is 1. The molecule has 0 spiro atoms. The zero-order valence-corrected chi connectivity index (χ0v) is 7.05. The molecule has 0 saturated carbocycles. The summed E-state index contributed by atoms with van der Waals surface area (Å²) < 4.78 is 0. The van der Waals surface area contributed by atoms with Crippen LogP contribution in [0.25, 0.3) is 0 Å². The van der Waals surface area contributed by atoms with E-state index in [1.54, 1.807) is 0 Å². The van der Waals surface area contributed by atoms with Gasteiger partial charge >= 0.3 is 0 Å². The molecule has 0 unspecified atom stereocenters. The topological polar surface area (TPSA) is 29.1 Å². The highest BCUT2D eigenvalue weighted by molar-refractivity contribution is 5.52. The quantitative estimate of drug-likeness (QED) is 0.632. The Kier molecular flexibility index (Phi) is 3.33. The first kappa shape index (κ1) is 8.78. The zero-order valence-electron chi connectivity index (χ0n) is 7.05. The van der Waals surface area contributed by atoms with Crippen LogP contribution in [0.1, 0.15) is 12.0 Å². The van der Waals surface area contributed by atoms with E-state index >= 15 is 0 Å². The number of para-hydroxylation sites is 1. The van der Waals surface area contributed by atoms with Crippen LogP contribution < -0.4 is 5.32 Å². The van der Waals surface area contributed by atoms with E-state index < -0.39 is 0 Å². The number of rotatable bonds is 0. The Balaban J connectivity index is 0.000000336. The first-order valence-corrected chi connectivity index (χ1v) is 4.07. The minimum absolute atomic E-state index is 1.14. The third-order valence-electron chi connectivity index (χ3n) is 1.96. The zero-order chi connectivity index (χ0) is 8.81. The summed E-state index contributed by atoms with van der Waals surface area (Å²) >= 11 is 0. The third-order valence-corrected chi connectivity index (χ3v) is 1.96. The van der Waals surface area contributed by atoms with Gasteiger partial charge in [-0.2, -0.15) is 0 Å². The van der Waals surface area contributed by atoms with Gasteiger partial charge < -0.3 is 10.1 Å². The molecule has 1 aliphatic rings. The second-order valence-corrected chi connectivity index (χ2v) is 2.69. The molecule has 1 aromatic rings. The van der Waals surface area contributed by atoms with Gasteiger partial charge in [-0.3, -0.25) is 0 Å². The smallest absolute Gasteiger partial charge is 0.106 e. The molecule has 1 heterocycles. The van der Waals surface area contributed by atoms with Crippen LogP contribution in [0, 0.1) is 0 Å². The molecule has 0 amide bonds. The van der Waals surface area contributed by atoms with E-state index in [0.29, 0.717) is 0 Å². The van der Waals surface area contributed by atoms with Gasteiger partial charge in [-0.15, -0.1) is 0 Å². The highest BCUT2D eigenvalue weighted by Crippen LogP contribution is 2.19. The van der Waals surface area contributed by atoms with Gasteiger partial charge in [0.1, 0.15) is 6.79 Å². The summed E-state index contributed by atoms with van der Waals surface area (Å²) in [5, 5.41) is 3.36. The lowest BCUT2D eigenvalue weighted by atomic mass is 10.0. The Morgan fingerprint density at radius 3 is 2.75 bits per heavy atom. The lowest BCUT2D eigenvalue weighted by molar-refractivity contribution is -0.0979. The maximum atomic E-state index is 8.00. The van der Waals surface area contributed by atoms with E-state index in [1.165, 1.54) is 24.1 Å². The highest BCUT2D eigenvalue weighted by atomic mass is 16.1. The second kappa shape index (κ2) is 4.54. The lowest BCUT2D eigenvalue weighted by Gasteiger charge is -2.16. The average Bonchev–Trinajstić information content (AvgIpc) is 2.21. The van der Waals surface area contributed by atoms with Crippen LogP contribution in [-0.2, 0) is 11.2 Å². The van der Waals surface area contributed by atoms with Gasteiger partial charge in [0.2, 0.25) is 0 Å². The number of fused-ring (bicyclic) bond motifs is 1. The van der Waals surface area contributed by atoms with Gasteiger partial charge in [-0.05, 0) is 24.5 Å². The number of benzene rings is 1.